The van der Waals surface area contributed by atoms with Gasteiger partial charge in [-0.1, -0.05) is 13.8 Å². The molecule has 0 aromatic rings. The van der Waals surface area contributed by atoms with Crippen molar-refractivity contribution in [2.24, 2.45) is 34.5 Å². The van der Waals surface area contributed by atoms with Crippen LogP contribution in [0.4, 0.5) is 0 Å². The first-order chi connectivity index (χ1) is 12.1. The third kappa shape index (κ3) is 2.15. The molecule has 4 aliphatic carbocycles. The summed E-state index contributed by atoms with van der Waals surface area (Å²) in [6.07, 6.45) is 2.90. The molecule has 4 rings (SSSR count). The van der Waals surface area contributed by atoms with Crippen LogP contribution in [0.25, 0.3) is 0 Å². The minimum atomic E-state index is -1.31. The maximum absolute atomic E-state index is 12.3. The first-order valence-corrected chi connectivity index (χ1v) is 10.3. The summed E-state index contributed by atoms with van der Waals surface area (Å²) < 4.78 is 0. The summed E-state index contributed by atoms with van der Waals surface area (Å²) in [6, 6.07) is 0. The summed E-state index contributed by atoms with van der Waals surface area (Å²) in [5.74, 6) is -0.0274. The van der Waals surface area contributed by atoms with Gasteiger partial charge in [-0.05, 0) is 81.0 Å². The van der Waals surface area contributed by atoms with Gasteiger partial charge in [0.2, 0.25) is 0 Å². The van der Waals surface area contributed by atoms with E-state index in [1.54, 1.807) is 0 Å². The van der Waals surface area contributed by atoms with E-state index in [2.05, 4.69) is 6.92 Å². The Kier molecular flexibility index (Phi) is 4.17. The number of aliphatic hydroxyl groups excluding tert-OH is 3. The lowest BCUT2D eigenvalue weighted by Gasteiger charge is -2.63. The molecule has 0 saturated heterocycles. The largest absolute Gasteiger partial charge is 0.393 e. The zero-order valence-corrected chi connectivity index (χ0v) is 16.2. The van der Waals surface area contributed by atoms with Crippen LogP contribution in [0.5, 0.6) is 0 Å². The summed E-state index contributed by atoms with van der Waals surface area (Å²) in [5.41, 5.74) is -1.94. The summed E-state index contributed by atoms with van der Waals surface area (Å²) in [6.45, 7) is 5.72. The van der Waals surface area contributed by atoms with E-state index in [0.717, 1.165) is 32.1 Å². The van der Waals surface area contributed by atoms with E-state index >= 15 is 0 Å². The van der Waals surface area contributed by atoms with Crippen molar-refractivity contribution in [1.29, 1.82) is 0 Å². The van der Waals surface area contributed by atoms with Crippen molar-refractivity contribution < 1.29 is 25.2 Å². The van der Waals surface area contributed by atoms with Gasteiger partial charge in [0.15, 0.2) is 5.78 Å². The molecule has 0 aliphatic heterocycles. The lowest BCUT2D eigenvalue weighted by molar-refractivity contribution is -0.230. The van der Waals surface area contributed by atoms with Crippen molar-refractivity contribution in [2.45, 2.75) is 89.6 Å². The molecule has 0 aromatic carbocycles. The van der Waals surface area contributed by atoms with Crippen LogP contribution in [0.15, 0.2) is 0 Å². The van der Waals surface area contributed by atoms with Crippen molar-refractivity contribution in [3.05, 3.63) is 0 Å². The van der Waals surface area contributed by atoms with Gasteiger partial charge in [0, 0.05) is 5.41 Å². The molecule has 4 saturated carbocycles. The van der Waals surface area contributed by atoms with Crippen molar-refractivity contribution in [3.8, 4) is 0 Å². The molecule has 5 heteroatoms. The van der Waals surface area contributed by atoms with Crippen molar-refractivity contribution in [1.82, 2.24) is 0 Å². The molecule has 0 radical (unpaired) electrons. The number of Topliss-reactive ketones (excluding diaryl/α,β-unsaturated/α-hetero) is 1. The number of aliphatic hydroxyl groups is 4. The molecular weight excluding hydrogens is 332 g/mol. The number of carbonyl (C=O) groups excluding carboxylic acids is 1. The number of ketones is 1. The van der Waals surface area contributed by atoms with Crippen molar-refractivity contribution in [3.63, 3.8) is 0 Å². The zero-order valence-electron chi connectivity index (χ0n) is 16.2. The Bertz CT molecular complexity index is 607. The Morgan fingerprint density at radius 3 is 2.19 bits per heavy atom. The molecule has 5 nitrogen and oxygen atoms in total. The molecule has 0 bridgehead atoms. The summed E-state index contributed by atoms with van der Waals surface area (Å²) in [7, 11) is 0. The fourth-order valence-electron chi connectivity index (χ4n) is 7.84. The summed E-state index contributed by atoms with van der Waals surface area (Å²) in [5, 5.41) is 43.3. The molecule has 26 heavy (non-hydrogen) atoms. The smallest absolute Gasteiger partial charge is 0.161 e. The van der Waals surface area contributed by atoms with Gasteiger partial charge in [-0.15, -0.1) is 0 Å². The number of carbonyl (C=O) groups is 1. The minimum absolute atomic E-state index is 0.0458. The molecule has 4 fully saturated rings. The van der Waals surface area contributed by atoms with Crippen LogP contribution in [0.3, 0.4) is 0 Å². The normalized spacial score (nSPS) is 59.3. The Morgan fingerprint density at radius 1 is 0.885 bits per heavy atom. The van der Waals surface area contributed by atoms with Crippen LogP contribution in [-0.2, 0) is 4.79 Å². The third-order valence-electron chi connectivity index (χ3n) is 9.46. The van der Waals surface area contributed by atoms with Crippen LogP contribution in [0.1, 0.15) is 65.7 Å². The van der Waals surface area contributed by atoms with Gasteiger partial charge in [0.05, 0.1) is 18.3 Å². The predicted molar refractivity (Wildman–Crippen MR) is 96.1 cm³/mol. The van der Waals surface area contributed by atoms with Crippen molar-refractivity contribution >= 4 is 5.78 Å². The summed E-state index contributed by atoms with van der Waals surface area (Å²) in [4.78, 5) is 12.3. The van der Waals surface area contributed by atoms with E-state index in [4.69, 9.17) is 0 Å². The topological polar surface area (TPSA) is 98.0 Å². The molecule has 148 valence electrons. The first kappa shape index (κ1) is 18.9. The fraction of sp³-hybridized carbons (Fsp3) is 0.952. The van der Waals surface area contributed by atoms with Crippen LogP contribution >= 0.6 is 0 Å². The van der Waals surface area contributed by atoms with Crippen LogP contribution in [-0.4, -0.2) is 50.1 Å². The van der Waals surface area contributed by atoms with Gasteiger partial charge in [0.1, 0.15) is 5.60 Å². The number of rotatable bonds is 1. The predicted octanol–water partition coefficient (Wildman–Crippen LogP) is 1.65. The Hall–Kier alpha value is -0.490. The SMILES string of the molecule is CC(=O)[C@@]1(O)CC[C@H]2[C@@H]3[C@@H](O)[C@H](O)[C@H]4C[C@@H](O)CC[C@]4(C)[C@H]3CC[C@@]21C. The van der Waals surface area contributed by atoms with E-state index in [1.807, 2.05) is 6.92 Å². The Labute approximate surface area is 155 Å². The quantitative estimate of drug-likeness (QED) is 0.566. The van der Waals surface area contributed by atoms with E-state index in [9.17, 15) is 25.2 Å². The van der Waals surface area contributed by atoms with Crippen LogP contribution in [0, 0.1) is 34.5 Å². The molecule has 4 N–H and O–H groups in total. The van der Waals surface area contributed by atoms with Crippen molar-refractivity contribution in [2.75, 3.05) is 0 Å². The van der Waals surface area contributed by atoms with Gasteiger partial charge in [0.25, 0.3) is 0 Å². The lowest BCUT2D eigenvalue weighted by Crippen LogP contribution is -2.65. The second-order valence-corrected chi connectivity index (χ2v) is 10.2. The monoisotopic (exact) mass is 366 g/mol. The number of hydrogen-bond acceptors (Lipinski definition) is 5. The van der Waals surface area contributed by atoms with Crippen LogP contribution in [0.2, 0.25) is 0 Å². The van der Waals surface area contributed by atoms with E-state index in [0.29, 0.717) is 12.8 Å². The van der Waals surface area contributed by atoms with Gasteiger partial charge in [-0.3, -0.25) is 4.79 Å². The average molecular weight is 366 g/mol. The second kappa shape index (κ2) is 5.76. The van der Waals surface area contributed by atoms with E-state index < -0.39 is 29.3 Å². The second-order valence-electron chi connectivity index (χ2n) is 10.2. The maximum Gasteiger partial charge on any atom is 0.161 e. The Morgan fingerprint density at radius 2 is 1.54 bits per heavy atom. The Balaban J connectivity index is 1.73. The highest BCUT2D eigenvalue weighted by atomic mass is 16.3. The molecule has 0 spiro atoms. The fourth-order valence-corrected chi connectivity index (χ4v) is 7.84. The molecule has 0 amide bonds. The number of fused-ring (bicyclic) bond motifs is 5. The number of hydrogen-bond donors (Lipinski definition) is 4. The minimum Gasteiger partial charge on any atom is -0.393 e. The highest BCUT2D eigenvalue weighted by Crippen LogP contribution is 2.68. The standard InChI is InChI=1S/C21H34O5/c1-11(22)21(26)9-6-14-16-13(5-8-20(14,21)3)19(2)7-4-12(23)10-15(19)17(24)18(16)25/h12-18,23-26H,4-10H2,1-3H3/t12-,13-,14-,15+,16+,17+,18+,19+,20-,21-/m0/s1. The highest BCUT2D eigenvalue weighted by molar-refractivity contribution is 5.86. The van der Waals surface area contributed by atoms with Gasteiger partial charge < -0.3 is 20.4 Å². The molecule has 4 aliphatic rings. The molecule has 0 aromatic heterocycles. The maximum atomic E-state index is 12.3. The summed E-state index contributed by atoms with van der Waals surface area (Å²) >= 11 is 0. The van der Waals surface area contributed by atoms with Gasteiger partial charge >= 0.3 is 0 Å². The van der Waals surface area contributed by atoms with Crippen LogP contribution < -0.4 is 0 Å². The highest BCUT2D eigenvalue weighted by Gasteiger charge is 2.69. The third-order valence-corrected chi connectivity index (χ3v) is 9.46. The molecular formula is C21H34O5. The lowest BCUT2D eigenvalue weighted by atomic mass is 9.43. The molecule has 10 atom stereocenters. The van der Waals surface area contributed by atoms with Gasteiger partial charge in [-0.25, -0.2) is 0 Å². The molecule has 0 unspecified atom stereocenters. The molecule has 0 heterocycles. The zero-order chi connectivity index (χ0) is 19.1. The van der Waals surface area contributed by atoms with Gasteiger partial charge in [-0.2, -0.15) is 0 Å². The average Bonchev–Trinajstić information content (AvgIpc) is 2.87. The first-order valence-electron chi connectivity index (χ1n) is 10.3. The van der Waals surface area contributed by atoms with E-state index in [1.165, 1.54) is 6.92 Å². The van der Waals surface area contributed by atoms with E-state index in [-0.39, 0.29) is 34.9 Å².